The Balaban J connectivity index is 1.71. The summed E-state index contributed by atoms with van der Waals surface area (Å²) >= 11 is 12.9. The molecular weight excluding hydrogens is 331 g/mol. The molecule has 1 aromatic rings. The Morgan fingerprint density at radius 1 is 1.13 bits per heavy atom. The van der Waals surface area contributed by atoms with Crippen LogP contribution >= 0.6 is 23.2 Å². The van der Waals surface area contributed by atoms with Crippen molar-refractivity contribution in [3.05, 3.63) is 29.8 Å². The van der Waals surface area contributed by atoms with Crippen LogP contribution in [0.2, 0.25) is 0 Å². The first-order chi connectivity index (χ1) is 10.7. The van der Waals surface area contributed by atoms with Gasteiger partial charge in [0.15, 0.2) is 0 Å². The number of fused-ring (bicyclic) bond motifs is 3. The van der Waals surface area contributed by atoms with E-state index in [4.69, 9.17) is 32.7 Å². The maximum atomic E-state index is 6.72. The van der Waals surface area contributed by atoms with Crippen molar-refractivity contribution in [2.45, 2.75) is 62.2 Å². The Hall–Kier alpha value is -0.440. The zero-order chi connectivity index (χ0) is 16.6. The Labute approximate surface area is 148 Å². The van der Waals surface area contributed by atoms with E-state index in [1.54, 1.807) is 0 Å². The van der Waals surface area contributed by atoms with Crippen molar-refractivity contribution in [2.75, 3.05) is 0 Å². The van der Waals surface area contributed by atoms with Crippen LogP contribution in [-0.2, 0) is 4.74 Å². The van der Waals surface area contributed by atoms with Gasteiger partial charge in [0, 0.05) is 17.4 Å². The molecule has 1 saturated heterocycles. The molecule has 0 amide bonds. The lowest BCUT2D eigenvalue weighted by Gasteiger charge is -2.52. The number of hydrogen-bond acceptors (Lipinski definition) is 2. The van der Waals surface area contributed by atoms with Crippen LogP contribution in [0.3, 0.4) is 0 Å². The van der Waals surface area contributed by atoms with Crippen LogP contribution in [0.4, 0.5) is 0 Å². The summed E-state index contributed by atoms with van der Waals surface area (Å²) < 4.78 is 12.3. The number of alkyl halides is 2. The Morgan fingerprint density at radius 2 is 1.78 bits per heavy atom. The van der Waals surface area contributed by atoms with Crippen LogP contribution in [0.25, 0.3) is 0 Å². The highest BCUT2D eigenvalue weighted by atomic mass is 35.5. The van der Waals surface area contributed by atoms with Gasteiger partial charge in [0.05, 0.1) is 11.7 Å². The molecule has 3 aliphatic rings. The average Bonchev–Trinajstić information content (AvgIpc) is 2.97. The monoisotopic (exact) mass is 354 g/mol. The zero-order valence-corrected chi connectivity index (χ0v) is 15.6. The lowest BCUT2D eigenvalue weighted by atomic mass is 9.72. The molecule has 4 rings (SSSR count). The fourth-order valence-corrected chi connectivity index (χ4v) is 5.79. The summed E-state index contributed by atoms with van der Waals surface area (Å²) in [7, 11) is 0. The first-order valence-electron chi connectivity index (χ1n) is 8.50. The van der Waals surface area contributed by atoms with Gasteiger partial charge in [0.25, 0.3) is 0 Å². The molecule has 0 bridgehead atoms. The molecule has 4 heteroatoms. The molecule has 5 atom stereocenters. The third-order valence-electron chi connectivity index (χ3n) is 6.28. The maximum Gasteiger partial charge on any atom is 0.127 e. The van der Waals surface area contributed by atoms with Crippen molar-refractivity contribution < 1.29 is 9.47 Å². The summed E-state index contributed by atoms with van der Waals surface area (Å²) in [5.74, 6) is 1.75. The Kier molecular flexibility index (Phi) is 3.35. The molecule has 0 spiro atoms. The molecule has 0 unspecified atom stereocenters. The third kappa shape index (κ3) is 2.25. The molecule has 2 heterocycles. The molecule has 0 aromatic heterocycles. The number of para-hydroxylation sites is 1. The van der Waals surface area contributed by atoms with E-state index in [0.29, 0.717) is 5.92 Å². The van der Waals surface area contributed by atoms with E-state index >= 15 is 0 Å². The van der Waals surface area contributed by atoms with Crippen LogP contribution in [0, 0.1) is 17.8 Å². The predicted octanol–water partition coefficient (Wildman–Crippen LogP) is 5.52. The van der Waals surface area contributed by atoms with Crippen LogP contribution < -0.4 is 4.74 Å². The van der Waals surface area contributed by atoms with E-state index in [2.05, 4.69) is 39.8 Å². The minimum atomic E-state index is -0.651. The maximum absolute atomic E-state index is 6.72. The molecule has 1 saturated carbocycles. The van der Waals surface area contributed by atoms with Gasteiger partial charge in [-0.25, -0.2) is 0 Å². The third-order valence-corrected chi connectivity index (χ3v) is 7.43. The number of halogens is 2. The summed E-state index contributed by atoms with van der Waals surface area (Å²) in [6.07, 6.45) is 2.08. The van der Waals surface area contributed by atoms with Crippen molar-refractivity contribution >= 4 is 23.2 Å². The molecule has 1 aromatic carbocycles. The normalized spacial score (nSPS) is 43.0. The molecule has 0 N–H and O–H groups in total. The minimum absolute atomic E-state index is 0.0469. The highest BCUT2D eigenvalue weighted by molar-refractivity contribution is 6.51. The van der Waals surface area contributed by atoms with E-state index in [1.807, 2.05) is 12.1 Å². The van der Waals surface area contributed by atoms with Gasteiger partial charge in [-0.3, -0.25) is 0 Å². The minimum Gasteiger partial charge on any atom is -0.487 e. The largest absolute Gasteiger partial charge is 0.487 e. The van der Waals surface area contributed by atoms with Crippen LogP contribution in [-0.4, -0.2) is 15.5 Å². The summed E-state index contributed by atoms with van der Waals surface area (Å²) in [5, 5.41) is 0. The van der Waals surface area contributed by atoms with Crippen molar-refractivity contribution in [1.29, 1.82) is 0 Å². The fourth-order valence-electron chi connectivity index (χ4n) is 4.83. The number of benzene rings is 1. The highest BCUT2D eigenvalue weighted by Crippen LogP contribution is 2.67. The second-order valence-electron chi connectivity index (χ2n) is 8.18. The molecule has 0 radical (unpaired) electrons. The van der Waals surface area contributed by atoms with Gasteiger partial charge in [0.2, 0.25) is 0 Å². The van der Waals surface area contributed by atoms with E-state index in [-0.39, 0.29) is 29.1 Å². The van der Waals surface area contributed by atoms with E-state index in [0.717, 1.165) is 24.2 Å². The van der Waals surface area contributed by atoms with Crippen LogP contribution in [0.5, 0.6) is 5.75 Å². The lowest BCUT2D eigenvalue weighted by molar-refractivity contribution is -0.199. The quantitative estimate of drug-likeness (QED) is 0.617. The molecule has 2 nitrogen and oxygen atoms in total. The van der Waals surface area contributed by atoms with Gasteiger partial charge in [-0.15, -0.1) is 23.2 Å². The molecule has 1 aliphatic carbocycles. The van der Waals surface area contributed by atoms with Crippen molar-refractivity contribution in [3.63, 3.8) is 0 Å². The topological polar surface area (TPSA) is 18.5 Å². The molecule has 126 valence electrons. The van der Waals surface area contributed by atoms with Crippen LogP contribution in [0.1, 0.15) is 52.2 Å². The first-order valence-corrected chi connectivity index (χ1v) is 9.26. The summed E-state index contributed by atoms with van der Waals surface area (Å²) in [6.45, 7) is 8.63. The molecule has 2 fully saturated rings. The highest BCUT2D eigenvalue weighted by Gasteiger charge is 2.69. The van der Waals surface area contributed by atoms with Gasteiger partial charge >= 0.3 is 0 Å². The van der Waals surface area contributed by atoms with Gasteiger partial charge < -0.3 is 9.47 Å². The first kappa shape index (κ1) is 16.1. The van der Waals surface area contributed by atoms with Gasteiger partial charge in [-0.05, 0) is 45.6 Å². The Morgan fingerprint density at radius 3 is 2.43 bits per heavy atom. The van der Waals surface area contributed by atoms with Crippen molar-refractivity contribution in [2.24, 2.45) is 17.8 Å². The Bertz CT molecular complexity index is 642. The van der Waals surface area contributed by atoms with Gasteiger partial charge in [0.1, 0.15) is 15.7 Å². The molecular formula is C19H24Cl2O2. The second-order valence-corrected chi connectivity index (χ2v) is 9.62. The second kappa shape index (κ2) is 4.80. The van der Waals surface area contributed by atoms with E-state index < -0.39 is 4.33 Å². The SMILES string of the molecule is C[C@@H]1[C@H]([C@@]2(C)CC[C@H]3[C@@H](O2)c2ccccc2OC3(C)C)C1(Cl)Cl. The van der Waals surface area contributed by atoms with Crippen LogP contribution in [0.15, 0.2) is 24.3 Å². The summed E-state index contributed by atoms with van der Waals surface area (Å²) in [4.78, 5) is 0. The van der Waals surface area contributed by atoms with Gasteiger partial charge in [-0.1, -0.05) is 25.1 Å². The number of hydrogen-bond donors (Lipinski definition) is 0. The fraction of sp³-hybridized carbons (Fsp3) is 0.684. The molecule has 2 aliphatic heterocycles. The average molecular weight is 355 g/mol. The summed E-state index contributed by atoms with van der Waals surface area (Å²) in [5.41, 5.74) is 0.657. The van der Waals surface area contributed by atoms with Crippen molar-refractivity contribution in [3.8, 4) is 5.75 Å². The predicted molar refractivity (Wildman–Crippen MR) is 93.2 cm³/mol. The standard InChI is InChI=1S/C19H24Cl2O2/c1-11-16(19(11,20)21)18(4)10-9-13-15(23-18)12-7-5-6-8-14(12)22-17(13,2)3/h5-8,11,13,15-16H,9-10H2,1-4H3/t11-,13+,15+,16-,18-/m1/s1. The zero-order valence-electron chi connectivity index (χ0n) is 14.1. The molecule has 23 heavy (non-hydrogen) atoms. The smallest absolute Gasteiger partial charge is 0.127 e. The van der Waals surface area contributed by atoms with Gasteiger partial charge in [-0.2, -0.15) is 0 Å². The lowest BCUT2D eigenvalue weighted by Crippen LogP contribution is -2.52. The van der Waals surface area contributed by atoms with Crippen molar-refractivity contribution in [1.82, 2.24) is 0 Å². The van der Waals surface area contributed by atoms with E-state index in [9.17, 15) is 0 Å². The number of ether oxygens (including phenoxy) is 2. The summed E-state index contributed by atoms with van der Waals surface area (Å²) in [6, 6.07) is 8.23. The van der Waals surface area contributed by atoms with E-state index in [1.165, 1.54) is 0 Å². The number of rotatable bonds is 1.